The van der Waals surface area contributed by atoms with Gasteiger partial charge >= 0.3 is 17.9 Å². The molecule has 0 bridgehead atoms. The van der Waals surface area contributed by atoms with Crippen LogP contribution in [-0.2, 0) is 28.6 Å². The summed E-state index contributed by atoms with van der Waals surface area (Å²) in [7, 11) is 0. The van der Waals surface area contributed by atoms with Gasteiger partial charge in [-0.05, 0) is 103 Å². The predicted octanol–water partition coefficient (Wildman–Crippen LogP) is 19.3. The van der Waals surface area contributed by atoms with Crippen LogP contribution >= 0.6 is 0 Å². The smallest absolute Gasteiger partial charge is 0.306 e. The zero-order valence-electron chi connectivity index (χ0n) is 45.0. The molecule has 0 aliphatic heterocycles. The fourth-order valence-corrected chi connectivity index (χ4v) is 7.77. The lowest BCUT2D eigenvalue weighted by molar-refractivity contribution is -0.167. The lowest BCUT2D eigenvalue weighted by Gasteiger charge is -2.18. The fraction of sp³-hybridized carbons (Fsp3) is 0.698. The molecule has 0 aliphatic carbocycles. The molecule has 1 atom stereocenters. The Morgan fingerprint density at radius 1 is 0.304 bits per heavy atom. The molecule has 0 amide bonds. The highest BCUT2D eigenvalue weighted by Crippen LogP contribution is 2.15. The molecule has 0 aliphatic rings. The molecule has 0 saturated carbocycles. The third-order valence-electron chi connectivity index (χ3n) is 12.1. The van der Waals surface area contributed by atoms with Crippen molar-refractivity contribution in [2.75, 3.05) is 13.2 Å². The van der Waals surface area contributed by atoms with Crippen LogP contribution in [0.5, 0.6) is 0 Å². The maximum absolute atomic E-state index is 12.8. The maximum Gasteiger partial charge on any atom is 0.306 e. The van der Waals surface area contributed by atoms with E-state index in [4.69, 9.17) is 14.2 Å². The fourth-order valence-electron chi connectivity index (χ4n) is 7.77. The second-order valence-corrected chi connectivity index (χ2v) is 18.8. The molecule has 0 aromatic rings. The van der Waals surface area contributed by atoms with Crippen molar-refractivity contribution >= 4 is 17.9 Å². The van der Waals surface area contributed by atoms with Crippen molar-refractivity contribution in [1.82, 2.24) is 0 Å². The highest BCUT2D eigenvalue weighted by atomic mass is 16.6. The van der Waals surface area contributed by atoms with Gasteiger partial charge < -0.3 is 14.2 Å². The summed E-state index contributed by atoms with van der Waals surface area (Å²) in [5, 5.41) is 0. The van der Waals surface area contributed by atoms with E-state index in [1.165, 1.54) is 96.3 Å². The highest BCUT2D eigenvalue weighted by Gasteiger charge is 2.19. The van der Waals surface area contributed by atoms with Gasteiger partial charge in [0.05, 0.1) is 0 Å². The standard InChI is InChI=1S/C63H106O6/c1-4-7-10-13-15-17-19-21-23-25-27-28-29-30-31-32-33-34-36-37-39-41-43-45-47-50-53-56-62(65)68-59-60(58-67-61(64)55-52-49-12-9-6-3)69-63(66)57-54-51-48-46-44-42-40-38-35-26-24-22-20-18-16-14-11-8-5-2/h7,10,15,17,21-24,27-28,30-31,33-34,37,39,60H,4-6,8-9,11-14,16,18-20,25-26,29,32,35-36,38,40-59H2,1-3H3/b10-7-,17-15-,23-21-,24-22-,28-27-,31-30-,34-33-,39-37-. The molecular weight excluding hydrogens is 853 g/mol. The molecule has 0 radical (unpaired) electrons. The summed E-state index contributed by atoms with van der Waals surface area (Å²) in [6, 6.07) is 0. The Labute approximate surface area is 426 Å². The average molecular weight is 960 g/mol. The molecule has 0 aromatic carbocycles. The number of allylic oxidation sites excluding steroid dienone is 16. The summed E-state index contributed by atoms with van der Waals surface area (Å²) in [6.07, 6.45) is 75.8. The molecule has 1 unspecified atom stereocenters. The summed E-state index contributed by atoms with van der Waals surface area (Å²) in [5.74, 6) is -0.919. The van der Waals surface area contributed by atoms with E-state index in [1.807, 2.05) is 0 Å². The number of hydrogen-bond donors (Lipinski definition) is 0. The number of unbranched alkanes of at least 4 members (excludes halogenated alkanes) is 24. The van der Waals surface area contributed by atoms with Crippen molar-refractivity contribution in [1.29, 1.82) is 0 Å². The van der Waals surface area contributed by atoms with Crippen molar-refractivity contribution in [2.45, 2.75) is 271 Å². The zero-order valence-corrected chi connectivity index (χ0v) is 45.0. The van der Waals surface area contributed by atoms with Gasteiger partial charge in [0.15, 0.2) is 6.10 Å². The van der Waals surface area contributed by atoms with E-state index < -0.39 is 6.10 Å². The van der Waals surface area contributed by atoms with Gasteiger partial charge in [-0.15, -0.1) is 0 Å². The predicted molar refractivity (Wildman–Crippen MR) is 297 cm³/mol. The van der Waals surface area contributed by atoms with Crippen LogP contribution in [0, 0.1) is 0 Å². The summed E-state index contributed by atoms with van der Waals surface area (Å²) < 4.78 is 16.7. The number of ether oxygens (including phenoxy) is 3. The molecule has 6 heteroatoms. The summed E-state index contributed by atoms with van der Waals surface area (Å²) in [5.41, 5.74) is 0. The SMILES string of the molecule is CC/C=C\C/C=C\C/C=C\C/C=C\C/C=C\C/C=C\C/C=C\CCCCCCCC(=O)OCC(COC(=O)CCCCCCC)OC(=O)CCCCCCCCCCC/C=C\CCCCCCCC. The maximum atomic E-state index is 12.8. The van der Waals surface area contributed by atoms with Crippen molar-refractivity contribution in [3.63, 3.8) is 0 Å². The number of carbonyl (C=O) groups excluding carboxylic acids is 3. The molecule has 0 fully saturated rings. The van der Waals surface area contributed by atoms with Crippen LogP contribution in [0.25, 0.3) is 0 Å². The Morgan fingerprint density at radius 3 is 0.899 bits per heavy atom. The number of esters is 3. The van der Waals surface area contributed by atoms with Crippen LogP contribution in [0.2, 0.25) is 0 Å². The Hall–Kier alpha value is -3.67. The Bertz CT molecular complexity index is 1380. The second kappa shape index (κ2) is 56.9. The van der Waals surface area contributed by atoms with Crippen LogP contribution in [-0.4, -0.2) is 37.2 Å². The van der Waals surface area contributed by atoms with Gasteiger partial charge in [-0.2, -0.15) is 0 Å². The lowest BCUT2D eigenvalue weighted by Crippen LogP contribution is -2.30. The normalized spacial score (nSPS) is 12.8. The molecule has 0 spiro atoms. The third kappa shape index (κ3) is 55.1. The van der Waals surface area contributed by atoms with E-state index in [0.29, 0.717) is 19.3 Å². The van der Waals surface area contributed by atoms with Gasteiger partial charge in [0, 0.05) is 19.3 Å². The largest absolute Gasteiger partial charge is 0.462 e. The van der Waals surface area contributed by atoms with Gasteiger partial charge in [0.1, 0.15) is 13.2 Å². The Morgan fingerprint density at radius 2 is 0.565 bits per heavy atom. The molecule has 0 saturated heterocycles. The van der Waals surface area contributed by atoms with Crippen molar-refractivity contribution in [3.8, 4) is 0 Å². The molecular formula is C63H106O6. The number of carbonyl (C=O) groups is 3. The third-order valence-corrected chi connectivity index (χ3v) is 12.1. The Balaban J connectivity index is 4.16. The van der Waals surface area contributed by atoms with Crippen LogP contribution < -0.4 is 0 Å². The van der Waals surface area contributed by atoms with E-state index in [-0.39, 0.29) is 31.1 Å². The number of rotatable bonds is 51. The van der Waals surface area contributed by atoms with Gasteiger partial charge in [-0.3, -0.25) is 14.4 Å². The summed E-state index contributed by atoms with van der Waals surface area (Å²) >= 11 is 0. The first kappa shape index (κ1) is 65.3. The van der Waals surface area contributed by atoms with Crippen molar-refractivity contribution < 1.29 is 28.6 Å². The Kier molecular flexibility index (Phi) is 53.9. The van der Waals surface area contributed by atoms with Gasteiger partial charge in [0.25, 0.3) is 0 Å². The molecule has 0 heterocycles. The van der Waals surface area contributed by atoms with Crippen molar-refractivity contribution in [3.05, 3.63) is 97.2 Å². The molecule has 69 heavy (non-hydrogen) atoms. The van der Waals surface area contributed by atoms with Crippen LogP contribution in [0.4, 0.5) is 0 Å². The van der Waals surface area contributed by atoms with Crippen LogP contribution in [0.3, 0.4) is 0 Å². The highest BCUT2D eigenvalue weighted by molar-refractivity contribution is 5.71. The van der Waals surface area contributed by atoms with Gasteiger partial charge in [-0.1, -0.05) is 240 Å². The van der Waals surface area contributed by atoms with Gasteiger partial charge in [0.2, 0.25) is 0 Å². The van der Waals surface area contributed by atoms with E-state index >= 15 is 0 Å². The topological polar surface area (TPSA) is 78.9 Å². The monoisotopic (exact) mass is 959 g/mol. The zero-order chi connectivity index (χ0) is 50.0. The van der Waals surface area contributed by atoms with Crippen LogP contribution in [0.15, 0.2) is 97.2 Å². The molecule has 0 aromatic heterocycles. The first-order valence-electron chi connectivity index (χ1n) is 28.7. The first-order chi connectivity index (χ1) is 34.0. The lowest BCUT2D eigenvalue weighted by atomic mass is 10.1. The number of hydrogen-bond acceptors (Lipinski definition) is 6. The minimum absolute atomic E-state index is 0.0852. The molecule has 394 valence electrons. The van der Waals surface area contributed by atoms with E-state index in [1.54, 1.807) is 0 Å². The summed E-state index contributed by atoms with van der Waals surface area (Å²) in [6.45, 7) is 6.42. The van der Waals surface area contributed by atoms with Crippen molar-refractivity contribution in [2.24, 2.45) is 0 Å². The van der Waals surface area contributed by atoms with E-state index in [9.17, 15) is 14.4 Å². The summed E-state index contributed by atoms with van der Waals surface area (Å²) in [4.78, 5) is 37.8. The quantitative estimate of drug-likeness (QED) is 0.0262. The van der Waals surface area contributed by atoms with Crippen LogP contribution in [0.1, 0.15) is 265 Å². The van der Waals surface area contributed by atoms with Gasteiger partial charge in [-0.25, -0.2) is 0 Å². The molecule has 6 nitrogen and oxygen atoms in total. The minimum atomic E-state index is -0.784. The van der Waals surface area contributed by atoms with E-state index in [0.717, 1.165) is 128 Å². The average Bonchev–Trinajstić information content (AvgIpc) is 3.35. The first-order valence-corrected chi connectivity index (χ1v) is 28.7. The second-order valence-electron chi connectivity index (χ2n) is 18.8. The molecule has 0 rings (SSSR count). The minimum Gasteiger partial charge on any atom is -0.462 e. The molecule has 0 N–H and O–H groups in total. The van der Waals surface area contributed by atoms with E-state index in [2.05, 4.69) is 118 Å².